The number of hydrogen-bond acceptors (Lipinski definition) is 5. The summed E-state index contributed by atoms with van der Waals surface area (Å²) in [6.45, 7) is 5.94. The fourth-order valence-corrected chi connectivity index (χ4v) is 4.18. The van der Waals surface area contributed by atoms with Crippen molar-refractivity contribution in [2.75, 3.05) is 6.54 Å². The molecule has 1 aliphatic heterocycles. The molecule has 0 spiro atoms. The molecule has 0 aromatic rings. The molecule has 3 aliphatic rings. The minimum absolute atomic E-state index is 0.0666. The Hall–Kier alpha value is -2.45. The molecule has 2 atom stereocenters. The summed E-state index contributed by atoms with van der Waals surface area (Å²) in [6, 6.07) is -1.41. The second kappa shape index (κ2) is 8.35. The third-order valence-corrected chi connectivity index (χ3v) is 6.31. The van der Waals surface area contributed by atoms with Crippen molar-refractivity contribution in [2.45, 2.75) is 89.4 Å². The zero-order valence-electron chi connectivity index (χ0n) is 18.0. The van der Waals surface area contributed by atoms with Gasteiger partial charge in [-0.2, -0.15) is 0 Å². The summed E-state index contributed by atoms with van der Waals surface area (Å²) < 4.78 is 0. The molecule has 2 saturated carbocycles. The molecule has 0 unspecified atom stereocenters. The first kappa shape index (κ1) is 22.2. The van der Waals surface area contributed by atoms with Gasteiger partial charge in [-0.15, -0.1) is 0 Å². The Morgan fingerprint density at radius 3 is 2.23 bits per heavy atom. The maximum absolute atomic E-state index is 13.1. The van der Waals surface area contributed by atoms with E-state index in [1.807, 2.05) is 20.8 Å². The topological polar surface area (TPSA) is 125 Å². The van der Waals surface area contributed by atoms with Gasteiger partial charge in [-0.1, -0.05) is 20.8 Å². The van der Waals surface area contributed by atoms with E-state index in [0.29, 0.717) is 38.6 Å². The zero-order valence-corrected chi connectivity index (χ0v) is 18.0. The van der Waals surface area contributed by atoms with Gasteiger partial charge in [-0.25, -0.2) is 0 Å². The number of hydrogen-bond donors (Lipinski definition) is 3. The number of nitrogens with one attached hydrogen (secondary N) is 3. The Balaban J connectivity index is 1.70. The van der Waals surface area contributed by atoms with E-state index >= 15 is 0 Å². The van der Waals surface area contributed by atoms with E-state index in [1.165, 1.54) is 4.90 Å². The van der Waals surface area contributed by atoms with Crippen molar-refractivity contribution in [1.29, 1.82) is 0 Å². The highest BCUT2D eigenvalue weighted by Crippen LogP contribution is 2.34. The molecule has 1 saturated heterocycles. The van der Waals surface area contributed by atoms with Crippen LogP contribution in [-0.4, -0.2) is 65.0 Å². The summed E-state index contributed by atoms with van der Waals surface area (Å²) in [6.07, 6.45) is 4.99. The minimum atomic E-state index is -1.17. The fraction of sp³-hybridized carbons (Fsp3) is 0.762. The number of likely N-dealkylation sites (tertiary alicyclic amines) is 1. The largest absolute Gasteiger partial charge is 0.347 e. The first-order valence-electron chi connectivity index (χ1n) is 10.8. The first-order chi connectivity index (χ1) is 14.1. The Labute approximate surface area is 176 Å². The van der Waals surface area contributed by atoms with Crippen molar-refractivity contribution >= 4 is 29.9 Å². The van der Waals surface area contributed by atoms with Crippen LogP contribution in [0.4, 0.5) is 0 Å². The molecule has 30 heavy (non-hydrogen) atoms. The lowest BCUT2D eigenvalue weighted by Crippen LogP contribution is -2.65. The highest BCUT2D eigenvalue weighted by atomic mass is 16.2. The smallest absolute Gasteiger partial charge is 0.290 e. The normalized spacial score (nSPS) is 23.7. The van der Waals surface area contributed by atoms with E-state index in [-0.39, 0.29) is 11.9 Å². The Kier molecular flexibility index (Phi) is 6.19. The van der Waals surface area contributed by atoms with E-state index in [0.717, 1.165) is 19.3 Å². The summed E-state index contributed by atoms with van der Waals surface area (Å²) in [5, 5.41) is 8.08. The number of amides is 4. The Morgan fingerprint density at radius 2 is 1.73 bits per heavy atom. The average molecular weight is 421 g/mol. The minimum Gasteiger partial charge on any atom is -0.347 e. The predicted octanol–water partition coefficient (Wildman–Crippen LogP) is 0.0247. The lowest BCUT2D eigenvalue weighted by atomic mass is 9.73. The van der Waals surface area contributed by atoms with E-state index < -0.39 is 40.6 Å². The highest BCUT2D eigenvalue weighted by molar-refractivity contribution is 6.40. The lowest BCUT2D eigenvalue weighted by Gasteiger charge is -2.42. The molecule has 2 aliphatic carbocycles. The summed E-state index contributed by atoms with van der Waals surface area (Å²) in [5.41, 5.74) is -1.69. The van der Waals surface area contributed by atoms with Gasteiger partial charge in [0.1, 0.15) is 17.6 Å². The monoisotopic (exact) mass is 420 g/mol. The average Bonchev–Trinajstić information content (AvgIpc) is 3.31. The number of Topliss-reactive ketones (excluding diaryl/α,β-unsaturated/α-hetero) is 1. The third kappa shape index (κ3) is 4.49. The van der Waals surface area contributed by atoms with Gasteiger partial charge in [0, 0.05) is 12.6 Å². The van der Waals surface area contributed by atoms with Crippen LogP contribution in [0.3, 0.4) is 0 Å². The van der Waals surface area contributed by atoms with Crippen molar-refractivity contribution in [3.8, 4) is 0 Å². The van der Waals surface area contributed by atoms with Gasteiger partial charge < -0.3 is 20.9 Å². The molecule has 0 aromatic heterocycles. The van der Waals surface area contributed by atoms with Crippen molar-refractivity contribution in [3.05, 3.63) is 0 Å². The molecule has 9 heteroatoms. The van der Waals surface area contributed by atoms with E-state index in [1.54, 1.807) is 0 Å². The SMILES string of the molecule is CC(C)(C)[C@H](NC=O)C(=O)N1CCC[C@H]1C(=O)NC1(C(=O)C(=O)NC2CC2)CCC1. The molecular formula is C21H32N4O5. The predicted molar refractivity (Wildman–Crippen MR) is 108 cm³/mol. The lowest BCUT2D eigenvalue weighted by molar-refractivity contribution is -0.148. The molecule has 1 heterocycles. The van der Waals surface area contributed by atoms with Crippen LogP contribution in [0.15, 0.2) is 0 Å². The molecule has 3 rings (SSSR count). The van der Waals surface area contributed by atoms with E-state index in [4.69, 9.17) is 0 Å². The first-order valence-corrected chi connectivity index (χ1v) is 10.8. The summed E-state index contributed by atoms with van der Waals surface area (Å²) in [5.74, 6) is -1.96. The van der Waals surface area contributed by atoms with Gasteiger partial charge in [0.25, 0.3) is 5.91 Å². The quantitative estimate of drug-likeness (QED) is 0.377. The maximum atomic E-state index is 13.1. The van der Waals surface area contributed by atoms with Crippen LogP contribution in [0.1, 0.15) is 65.7 Å². The van der Waals surface area contributed by atoms with Crippen molar-refractivity contribution < 1.29 is 24.0 Å². The van der Waals surface area contributed by atoms with Gasteiger partial charge in [0.2, 0.25) is 24.0 Å². The number of nitrogens with zero attached hydrogens (tertiary/aromatic N) is 1. The van der Waals surface area contributed by atoms with Crippen LogP contribution < -0.4 is 16.0 Å². The summed E-state index contributed by atoms with van der Waals surface area (Å²) in [7, 11) is 0. The maximum Gasteiger partial charge on any atom is 0.290 e. The van der Waals surface area contributed by atoms with Crippen LogP contribution in [0.2, 0.25) is 0 Å². The van der Waals surface area contributed by atoms with Gasteiger partial charge in [0.15, 0.2) is 0 Å². The van der Waals surface area contributed by atoms with E-state index in [2.05, 4.69) is 16.0 Å². The fourth-order valence-electron chi connectivity index (χ4n) is 4.18. The van der Waals surface area contributed by atoms with Crippen LogP contribution in [0.25, 0.3) is 0 Å². The molecule has 3 fully saturated rings. The number of ketones is 1. The number of carbonyl (C=O) groups excluding carboxylic acids is 5. The van der Waals surface area contributed by atoms with Crippen molar-refractivity contribution in [3.63, 3.8) is 0 Å². The highest BCUT2D eigenvalue weighted by Gasteiger charge is 2.51. The van der Waals surface area contributed by atoms with E-state index in [9.17, 15) is 24.0 Å². The number of rotatable bonds is 8. The van der Waals surface area contributed by atoms with Gasteiger partial charge in [-0.05, 0) is 50.4 Å². The molecule has 3 N–H and O–H groups in total. The molecule has 0 radical (unpaired) electrons. The molecule has 166 valence electrons. The molecule has 0 aromatic carbocycles. The summed E-state index contributed by atoms with van der Waals surface area (Å²) >= 11 is 0. The summed E-state index contributed by atoms with van der Waals surface area (Å²) in [4.78, 5) is 63.7. The van der Waals surface area contributed by atoms with Crippen molar-refractivity contribution in [1.82, 2.24) is 20.9 Å². The second-order valence-electron chi connectivity index (χ2n) is 9.77. The Morgan fingerprint density at radius 1 is 1.07 bits per heavy atom. The second-order valence-corrected chi connectivity index (χ2v) is 9.77. The molecule has 9 nitrogen and oxygen atoms in total. The Bertz CT molecular complexity index is 736. The van der Waals surface area contributed by atoms with Crippen LogP contribution in [0, 0.1) is 5.41 Å². The van der Waals surface area contributed by atoms with Crippen LogP contribution in [-0.2, 0) is 24.0 Å². The molecular weight excluding hydrogens is 388 g/mol. The van der Waals surface area contributed by atoms with Gasteiger partial charge in [-0.3, -0.25) is 24.0 Å². The number of carbonyl (C=O) groups is 5. The molecule has 0 bridgehead atoms. The van der Waals surface area contributed by atoms with Gasteiger partial charge in [0.05, 0.1) is 0 Å². The van der Waals surface area contributed by atoms with Gasteiger partial charge >= 0.3 is 0 Å². The van der Waals surface area contributed by atoms with Crippen molar-refractivity contribution in [2.24, 2.45) is 5.41 Å². The third-order valence-electron chi connectivity index (χ3n) is 6.31. The van der Waals surface area contributed by atoms with Crippen LogP contribution >= 0.6 is 0 Å². The van der Waals surface area contributed by atoms with Crippen LogP contribution in [0.5, 0.6) is 0 Å². The standard InChI is InChI=1S/C21H32N4O5/c1-20(2,3)15(22-12-26)19(30)25-11-4-6-14(25)17(28)24-21(9-5-10-21)16(27)18(29)23-13-7-8-13/h12-15H,4-11H2,1-3H3,(H,22,26)(H,23,29)(H,24,28)/t14-,15+/m0/s1. The molecule has 4 amide bonds. The zero-order chi connectivity index (χ0) is 22.1.